The van der Waals surface area contributed by atoms with Gasteiger partial charge in [-0.2, -0.15) is 0 Å². The average molecular weight is 718 g/mol. The van der Waals surface area contributed by atoms with E-state index in [4.69, 9.17) is 11.5 Å². The molecule has 0 unspecified atom stereocenters. The molecule has 0 saturated carbocycles. The molecule has 1 heterocycles. The zero-order valence-electron chi connectivity index (χ0n) is 28.0. The molecule has 3 aromatic rings. The Bertz CT molecular complexity index is 1820. The number of carbonyl (C=O) groups excluding carboxylic acids is 5. The number of rotatable bonds is 17. The second-order valence-electron chi connectivity index (χ2n) is 12.0. The summed E-state index contributed by atoms with van der Waals surface area (Å²) >= 11 is 0. The van der Waals surface area contributed by atoms with E-state index in [-0.39, 0.29) is 62.3 Å². The van der Waals surface area contributed by atoms with Crippen molar-refractivity contribution in [2.45, 2.75) is 50.2 Å². The lowest BCUT2D eigenvalue weighted by molar-refractivity contribution is -0.393. The van der Waals surface area contributed by atoms with Gasteiger partial charge in [0.2, 0.25) is 23.6 Å². The summed E-state index contributed by atoms with van der Waals surface area (Å²) in [6, 6.07) is 15.3. The van der Waals surface area contributed by atoms with Gasteiger partial charge in [-0.1, -0.05) is 42.5 Å². The summed E-state index contributed by atoms with van der Waals surface area (Å²) in [5.41, 5.74) is 11.5. The molecule has 3 aromatic carbocycles. The number of amides is 5. The number of primary amides is 1. The third-order valence-electron chi connectivity index (χ3n) is 8.37. The number of nitrogens with two attached hydrogens (primary N) is 2. The van der Waals surface area contributed by atoms with E-state index in [1.807, 2.05) is 18.2 Å². The number of hydrogen-bond donors (Lipinski definition) is 6. The van der Waals surface area contributed by atoms with E-state index in [0.717, 1.165) is 17.7 Å². The lowest BCUT2D eigenvalue weighted by Crippen LogP contribution is -2.57. The van der Waals surface area contributed by atoms with Crippen molar-refractivity contribution in [1.29, 1.82) is 0 Å². The van der Waals surface area contributed by atoms with E-state index in [9.17, 15) is 44.2 Å². The smallest absolute Gasteiger partial charge is 0.299 e. The molecule has 1 aliphatic heterocycles. The molecule has 8 N–H and O–H groups in total. The van der Waals surface area contributed by atoms with Gasteiger partial charge in [-0.05, 0) is 43.0 Å². The van der Waals surface area contributed by atoms with Gasteiger partial charge in [0.25, 0.3) is 17.3 Å². The number of nitro groups is 2. The first-order valence-corrected chi connectivity index (χ1v) is 16.4. The number of nitrogens with zero attached hydrogens (tertiary/aromatic N) is 3. The number of anilines is 2. The number of nitrogens with one attached hydrogen (secondary N) is 4. The van der Waals surface area contributed by atoms with Gasteiger partial charge in [0.05, 0.1) is 21.5 Å². The number of benzene rings is 3. The maximum atomic E-state index is 14.0. The monoisotopic (exact) mass is 717 g/mol. The first-order valence-electron chi connectivity index (χ1n) is 16.4. The van der Waals surface area contributed by atoms with Gasteiger partial charge in [0, 0.05) is 44.2 Å². The molecule has 1 aliphatic rings. The molecular formula is C34H39N9O9. The van der Waals surface area contributed by atoms with Gasteiger partial charge in [-0.15, -0.1) is 0 Å². The van der Waals surface area contributed by atoms with E-state index in [1.165, 1.54) is 17.0 Å². The number of hydrogen-bond acceptors (Lipinski definition) is 11. The fraction of sp³-hybridized carbons (Fsp3) is 0.324. The summed E-state index contributed by atoms with van der Waals surface area (Å²) in [5, 5.41) is 33.2. The molecule has 5 amide bonds. The highest BCUT2D eigenvalue weighted by Gasteiger charge is 2.39. The summed E-state index contributed by atoms with van der Waals surface area (Å²) in [5.74, 6) is -3.11. The van der Waals surface area contributed by atoms with Gasteiger partial charge >= 0.3 is 0 Å². The molecule has 52 heavy (non-hydrogen) atoms. The van der Waals surface area contributed by atoms with Crippen molar-refractivity contribution in [3.05, 3.63) is 104 Å². The SMILES string of the molecule is NC(=O)CC[C@H](NC(=O)[C@@H]1CCCN1C(=O)[C@H](Cc1ccccc1)NC(=O)c1ccccc1N)C(=O)NCCNc1ccc([N+](=O)[O-])cc1[N+](=O)[O-]. The van der Waals surface area contributed by atoms with Gasteiger partial charge in [-0.3, -0.25) is 44.2 Å². The van der Waals surface area contributed by atoms with Crippen molar-refractivity contribution in [3.63, 3.8) is 0 Å². The van der Waals surface area contributed by atoms with Crippen LogP contribution in [0, 0.1) is 20.2 Å². The van der Waals surface area contributed by atoms with Crippen LogP contribution in [0.4, 0.5) is 22.7 Å². The van der Waals surface area contributed by atoms with Gasteiger partial charge in [-0.25, -0.2) is 0 Å². The molecule has 1 saturated heterocycles. The van der Waals surface area contributed by atoms with Gasteiger partial charge in [0.15, 0.2) is 0 Å². The number of nitrogen functional groups attached to an aromatic ring is 1. The molecule has 0 radical (unpaired) electrons. The van der Waals surface area contributed by atoms with E-state index in [0.29, 0.717) is 6.42 Å². The fourth-order valence-electron chi connectivity index (χ4n) is 5.76. The molecule has 274 valence electrons. The Morgan fingerprint density at radius 2 is 1.60 bits per heavy atom. The molecule has 18 nitrogen and oxygen atoms in total. The fourth-order valence-corrected chi connectivity index (χ4v) is 5.76. The second-order valence-corrected chi connectivity index (χ2v) is 12.0. The summed E-state index contributed by atoms with van der Waals surface area (Å²) in [6.07, 6.45) is 0.480. The van der Waals surface area contributed by atoms with Crippen molar-refractivity contribution < 1.29 is 33.8 Å². The van der Waals surface area contributed by atoms with E-state index in [2.05, 4.69) is 21.3 Å². The van der Waals surface area contributed by atoms with Crippen molar-refractivity contribution in [3.8, 4) is 0 Å². The Morgan fingerprint density at radius 3 is 2.27 bits per heavy atom. The van der Waals surface area contributed by atoms with Crippen LogP contribution in [0.25, 0.3) is 0 Å². The first-order chi connectivity index (χ1) is 24.8. The van der Waals surface area contributed by atoms with Crippen molar-refractivity contribution >= 4 is 52.3 Å². The summed E-state index contributed by atoms with van der Waals surface area (Å²) < 4.78 is 0. The molecule has 0 aliphatic carbocycles. The molecule has 3 atom stereocenters. The van der Waals surface area contributed by atoms with Crippen LogP contribution >= 0.6 is 0 Å². The lowest BCUT2D eigenvalue weighted by atomic mass is 10.0. The van der Waals surface area contributed by atoms with Crippen molar-refractivity contribution in [1.82, 2.24) is 20.9 Å². The topological polar surface area (TPSA) is 275 Å². The Balaban J connectivity index is 1.43. The van der Waals surface area contributed by atoms with Crippen molar-refractivity contribution in [2.24, 2.45) is 5.73 Å². The van der Waals surface area contributed by atoms with Crippen molar-refractivity contribution in [2.75, 3.05) is 30.7 Å². The third-order valence-corrected chi connectivity index (χ3v) is 8.37. The van der Waals surface area contributed by atoms with E-state index in [1.54, 1.807) is 30.3 Å². The van der Waals surface area contributed by atoms with E-state index < -0.39 is 68.9 Å². The van der Waals surface area contributed by atoms with Crippen LogP contribution in [0.15, 0.2) is 72.8 Å². The maximum Gasteiger partial charge on any atom is 0.299 e. The van der Waals surface area contributed by atoms with Crippen LogP contribution in [0.1, 0.15) is 41.6 Å². The highest BCUT2D eigenvalue weighted by Crippen LogP contribution is 2.28. The molecule has 18 heteroatoms. The van der Waals surface area contributed by atoms with E-state index >= 15 is 0 Å². The largest absolute Gasteiger partial charge is 0.398 e. The molecular weight excluding hydrogens is 678 g/mol. The maximum absolute atomic E-state index is 14.0. The van der Waals surface area contributed by atoms with Crippen LogP contribution in [-0.2, 0) is 25.6 Å². The summed E-state index contributed by atoms with van der Waals surface area (Å²) in [6.45, 7) is 0.0931. The molecule has 0 spiro atoms. The third kappa shape index (κ3) is 10.2. The molecule has 1 fully saturated rings. The average Bonchev–Trinajstić information content (AvgIpc) is 3.62. The van der Waals surface area contributed by atoms with Crippen LogP contribution in [0.5, 0.6) is 0 Å². The first kappa shape index (κ1) is 38.2. The zero-order valence-corrected chi connectivity index (χ0v) is 28.0. The minimum absolute atomic E-state index is 0.0107. The Morgan fingerprint density at radius 1 is 0.885 bits per heavy atom. The van der Waals surface area contributed by atoms with Crippen LogP contribution < -0.4 is 32.7 Å². The van der Waals surface area contributed by atoms with Crippen LogP contribution in [0.3, 0.4) is 0 Å². The van der Waals surface area contributed by atoms with Gasteiger partial charge in [0.1, 0.15) is 23.8 Å². The normalized spacial score (nSPS) is 14.8. The molecule has 4 rings (SSSR count). The number of likely N-dealkylation sites (tertiary alicyclic amines) is 1. The zero-order chi connectivity index (χ0) is 37.8. The highest BCUT2D eigenvalue weighted by molar-refractivity contribution is 6.02. The standard InChI is InChI=1S/C34H39N9O9/c35-24-10-5-4-9-23(24)31(45)40-27(19-21-7-2-1-3-8-21)34(48)41-18-6-11-28(41)33(47)39-26(14-15-30(36)44)32(46)38-17-16-37-25-13-12-22(42(49)50)20-29(25)43(51)52/h1-5,7-10,12-13,20,26-28,37H,6,11,14-19,35H2,(H2,36,44)(H,38,46)(H,39,47)(H,40,45)/t26-,27-,28-/m0/s1. The molecule has 0 bridgehead atoms. The highest BCUT2D eigenvalue weighted by atomic mass is 16.6. The summed E-state index contributed by atoms with van der Waals surface area (Å²) in [7, 11) is 0. The Kier molecular flexibility index (Phi) is 13.1. The van der Waals surface area contributed by atoms with Crippen LogP contribution in [0.2, 0.25) is 0 Å². The predicted molar refractivity (Wildman–Crippen MR) is 189 cm³/mol. The lowest BCUT2D eigenvalue weighted by Gasteiger charge is -2.30. The van der Waals surface area contributed by atoms with Crippen LogP contribution in [-0.4, -0.2) is 82.0 Å². The number of para-hydroxylation sites is 1. The molecule has 0 aromatic heterocycles. The summed E-state index contributed by atoms with van der Waals surface area (Å²) in [4.78, 5) is 88.0. The minimum atomic E-state index is -1.23. The predicted octanol–water partition coefficient (Wildman–Crippen LogP) is 1.40. The minimum Gasteiger partial charge on any atom is -0.398 e. The number of nitro benzene ring substituents is 2. The second kappa shape index (κ2) is 17.9. The Labute approximate surface area is 297 Å². The Hall–Kier alpha value is -6.59. The quantitative estimate of drug-likeness (QED) is 0.0502. The number of non-ortho nitro benzene ring substituents is 1. The van der Waals surface area contributed by atoms with Gasteiger partial charge < -0.3 is 37.6 Å². The number of carbonyl (C=O) groups is 5.